The standard InChI is InChI=1S/C21H20FN5O4S/c1-27-17(11-23-19(29)13-7-9-14(22)10-8-13)25-26-21(27)32-12-18(28)24-16-6-4-3-5-15(16)20(30)31-2/h3-10H,11-12H2,1-2H3,(H,23,29)(H,24,28). The number of rotatable bonds is 8. The van der Waals surface area contributed by atoms with Gasteiger partial charge in [-0.1, -0.05) is 23.9 Å². The minimum Gasteiger partial charge on any atom is -0.465 e. The highest BCUT2D eigenvalue weighted by Crippen LogP contribution is 2.19. The van der Waals surface area contributed by atoms with Gasteiger partial charge in [-0.3, -0.25) is 9.59 Å². The molecule has 166 valence electrons. The molecule has 0 bridgehead atoms. The second-order valence-corrected chi connectivity index (χ2v) is 7.46. The van der Waals surface area contributed by atoms with Crippen LogP contribution in [0.4, 0.5) is 10.1 Å². The number of methoxy groups -OCH3 is 1. The number of anilines is 1. The van der Waals surface area contributed by atoms with Gasteiger partial charge < -0.3 is 19.9 Å². The van der Waals surface area contributed by atoms with Crippen LogP contribution in [0.25, 0.3) is 0 Å². The summed E-state index contributed by atoms with van der Waals surface area (Å²) < 4.78 is 19.3. The summed E-state index contributed by atoms with van der Waals surface area (Å²) >= 11 is 1.15. The molecule has 0 fully saturated rings. The van der Waals surface area contributed by atoms with Gasteiger partial charge in [-0.2, -0.15) is 0 Å². The Morgan fingerprint density at radius 3 is 2.53 bits per heavy atom. The van der Waals surface area contributed by atoms with Gasteiger partial charge in [-0.25, -0.2) is 9.18 Å². The van der Waals surface area contributed by atoms with Crippen molar-refractivity contribution in [2.45, 2.75) is 11.7 Å². The predicted octanol–water partition coefficient (Wildman–Crippen LogP) is 2.40. The third-order valence-corrected chi connectivity index (χ3v) is 5.40. The summed E-state index contributed by atoms with van der Waals surface area (Å²) in [4.78, 5) is 36.3. The summed E-state index contributed by atoms with van der Waals surface area (Å²) in [6, 6.07) is 11.7. The zero-order valence-electron chi connectivity index (χ0n) is 17.3. The molecule has 2 aromatic carbocycles. The number of halogens is 1. The highest BCUT2D eigenvalue weighted by molar-refractivity contribution is 7.99. The van der Waals surface area contributed by atoms with E-state index < -0.39 is 11.8 Å². The number of hydrogen-bond acceptors (Lipinski definition) is 7. The van der Waals surface area contributed by atoms with Crippen LogP contribution in [0.3, 0.4) is 0 Å². The fourth-order valence-electron chi connectivity index (χ4n) is 2.68. The number of amides is 2. The zero-order valence-corrected chi connectivity index (χ0v) is 18.1. The monoisotopic (exact) mass is 457 g/mol. The summed E-state index contributed by atoms with van der Waals surface area (Å²) in [7, 11) is 2.98. The molecule has 1 heterocycles. The number of nitrogens with one attached hydrogen (secondary N) is 2. The zero-order chi connectivity index (χ0) is 23.1. The van der Waals surface area contributed by atoms with Crippen LogP contribution in [0.15, 0.2) is 53.7 Å². The van der Waals surface area contributed by atoms with Crippen LogP contribution in [0.5, 0.6) is 0 Å². The van der Waals surface area contributed by atoms with E-state index in [2.05, 4.69) is 20.8 Å². The number of aromatic nitrogens is 3. The Morgan fingerprint density at radius 1 is 1.09 bits per heavy atom. The van der Waals surface area contributed by atoms with E-state index in [1.165, 1.54) is 31.4 Å². The van der Waals surface area contributed by atoms with E-state index in [0.717, 1.165) is 11.8 Å². The Balaban J connectivity index is 1.55. The summed E-state index contributed by atoms with van der Waals surface area (Å²) in [6.07, 6.45) is 0. The molecule has 0 aliphatic heterocycles. The molecule has 2 N–H and O–H groups in total. The van der Waals surface area contributed by atoms with E-state index in [4.69, 9.17) is 4.74 Å². The first-order valence-electron chi connectivity index (χ1n) is 9.41. The number of ether oxygens (including phenoxy) is 1. The van der Waals surface area contributed by atoms with E-state index in [1.54, 1.807) is 35.9 Å². The lowest BCUT2D eigenvalue weighted by Gasteiger charge is -2.09. The average Bonchev–Trinajstić information content (AvgIpc) is 3.15. The SMILES string of the molecule is COC(=O)c1ccccc1NC(=O)CSc1nnc(CNC(=O)c2ccc(F)cc2)n1C. The Labute approximate surface area is 187 Å². The van der Waals surface area contributed by atoms with Gasteiger partial charge >= 0.3 is 5.97 Å². The number of benzene rings is 2. The summed E-state index contributed by atoms with van der Waals surface area (Å²) in [6.45, 7) is 0.110. The van der Waals surface area contributed by atoms with Gasteiger partial charge in [0, 0.05) is 12.6 Å². The second-order valence-electron chi connectivity index (χ2n) is 6.52. The molecule has 3 aromatic rings. The van der Waals surface area contributed by atoms with E-state index in [-0.39, 0.29) is 29.7 Å². The molecule has 0 aliphatic rings. The number of para-hydroxylation sites is 1. The lowest BCUT2D eigenvalue weighted by Crippen LogP contribution is -2.24. The first-order valence-corrected chi connectivity index (χ1v) is 10.4. The fraction of sp³-hybridized carbons (Fsp3) is 0.190. The normalized spacial score (nSPS) is 10.5. The Hall–Kier alpha value is -3.73. The largest absolute Gasteiger partial charge is 0.465 e. The molecule has 0 aliphatic carbocycles. The predicted molar refractivity (Wildman–Crippen MR) is 116 cm³/mol. The Morgan fingerprint density at radius 2 is 1.81 bits per heavy atom. The Kier molecular flexibility index (Phi) is 7.55. The van der Waals surface area contributed by atoms with Gasteiger partial charge in [0.25, 0.3) is 5.91 Å². The van der Waals surface area contributed by atoms with Gasteiger partial charge in [-0.15, -0.1) is 10.2 Å². The van der Waals surface area contributed by atoms with Crippen molar-refractivity contribution < 1.29 is 23.5 Å². The number of thioether (sulfide) groups is 1. The summed E-state index contributed by atoms with van der Waals surface area (Å²) in [5.41, 5.74) is 0.936. The van der Waals surface area contributed by atoms with Crippen LogP contribution >= 0.6 is 11.8 Å². The smallest absolute Gasteiger partial charge is 0.339 e. The molecule has 0 saturated heterocycles. The highest BCUT2D eigenvalue weighted by atomic mass is 32.2. The molecule has 11 heteroatoms. The lowest BCUT2D eigenvalue weighted by molar-refractivity contribution is -0.113. The van der Waals surface area contributed by atoms with Crippen LogP contribution in [0, 0.1) is 5.82 Å². The third kappa shape index (κ3) is 5.70. The molecular formula is C21H20FN5O4S. The lowest BCUT2D eigenvalue weighted by atomic mass is 10.2. The van der Waals surface area contributed by atoms with Crippen LogP contribution in [0.2, 0.25) is 0 Å². The van der Waals surface area contributed by atoms with E-state index in [9.17, 15) is 18.8 Å². The van der Waals surface area contributed by atoms with Gasteiger partial charge in [0.05, 0.1) is 30.7 Å². The van der Waals surface area contributed by atoms with E-state index in [0.29, 0.717) is 22.2 Å². The molecular weight excluding hydrogens is 437 g/mol. The molecule has 0 saturated carbocycles. The quantitative estimate of drug-likeness (QED) is 0.394. The van der Waals surface area contributed by atoms with Crippen LogP contribution in [0.1, 0.15) is 26.5 Å². The highest BCUT2D eigenvalue weighted by Gasteiger charge is 2.16. The maximum atomic E-state index is 13.0. The van der Waals surface area contributed by atoms with Gasteiger partial charge in [-0.05, 0) is 36.4 Å². The van der Waals surface area contributed by atoms with Gasteiger partial charge in [0.15, 0.2) is 11.0 Å². The third-order valence-electron chi connectivity index (χ3n) is 4.38. The summed E-state index contributed by atoms with van der Waals surface area (Å²) in [5, 5.41) is 13.9. The minimum atomic E-state index is -0.547. The fourth-order valence-corrected chi connectivity index (χ4v) is 3.41. The van der Waals surface area contributed by atoms with Crippen molar-refractivity contribution in [3.8, 4) is 0 Å². The molecule has 3 rings (SSSR count). The number of esters is 1. The molecule has 9 nitrogen and oxygen atoms in total. The van der Waals surface area contributed by atoms with Gasteiger partial charge in [0.1, 0.15) is 5.82 Å². The van der Waals surface area contributed by atoms with Crippen molar-refractivity contribution in [3.05, 3.63) is 71.3 Å². The molecule has 0 unspecified atom stereocenters. The van der Waals surface area contributed by atoms with Crippen molar-refractivity contribution in [1.82, 2.24) is 20.1 Å². The minimum absolute atomic E-state index is 0.0312. The Bertz CT molecular complexity index is 1130. The van der Waals surface area contributed by atoms with Gasteiger partial charge in [0.2, 0.25) is 5.91 Å². The molecule has 2 amide bonds. The van der Waals surface area contributed by atoms with E-state index in [1.807, 2.05) is 0 Å². The van der Waals surface area contributed by atoms with Crippen molar-refractivity contribution in [2.24, 2.45) is 7.05 Å². The number of carbonyl (C=O) groups excluding carboxylic acids is 3. The number of nitrogens with zero attached hydrogens (tertiary/aromatic N) is 3. The molecule has 0 spiro atoms. The van der Waals surface area contributed by atoms with Crippen molar-refractivity contribution in [1.29, 1.82) is 0 Å². The van der Waals surface area contributed by atoms with Crippen LogP contribution in [-0.2, 0) is 23.1 Å². The van der Waals surface area contributed by atoms with Crippen molar-refractivity contribution >= 4 is 35.2 Å². The van der Waals surface area contributed by atoms with Crippen molar-refractivity contribution in [3.63, 3.8) is 0 Å². The van der Waals surface area contributed by atoms with Crippen LogP contribution < -0.4 is 10.6 Å². The molecule has 1 aromatic heterocycles. The molecule has 0 atom stereocenters. The first kappa shape index (κ1) is 22.9. The topological polar surface area (TPSA) is 115 Å². The molecule has 0 radical (unpaired) electrons. The number of hydrogen-bond donors (Lipinski definition) is 2. The first-order chi connectivity index (χ1) is 15.4. The summed E-state index contributed by atoms with van der Waals surface area (Å²) in [5.74, 6) is -1.15. The van der Waals surface area contributed by atoms with E-state index >= 15 is 0 Å². The average molecular weight is 457 g/mol. The van der Waals surface area contributed by atoms with Crippen molar-refractivity contribution in [2.75, 3.05) is 18.2 Å². The second kappa shape index (κ2) is 10.5. The van der Waals surface area contributed by atoms with Crippen LogP contribution in [-0.4, -0.2) is 45.4 Å². The molecule has 32 heavy (non-hydrogen) atoms. The number of carbonyl (C=O) groups is 3. The maximum Gasteiger partial charge on any atom is 0.339 e. The maximum absolute atomic E-state index is 13.0.